The third-order valence-corrected chi connectivity index (χ3v) is 5.65. The van der Waals surface area contributed by atoms with E-state index in [2.05, 4.69) is 5.32 Å². The third-order valence-electron chi connectivity index (χ3n) is 5.65. The van der Waals surface area contributed by atoms with Gasteiger partial charge in [0.2, 0.25) is 11.8 Å². The van der Waals surface area contributed by atoms with Crippen LogP contribution in [-0.4, -0.2) is 53.4 Å². The minimum absolute atomic E-state index is 0.0362. The standard InChI is InChI=1S/C25H30N2O7/c1-6-33-19(28)12-16(23(31)34-7-2)22(30)26-17-11-14-13-27(24(32)25(3,4)5)18-10-8-9-15(20(14)18)21(17)29/h8-10,13,16-17H,6-7,11-12H2,1-5H3,(H,26,30). The molecule has 2 unspecified atom stereocenters. The molecule has 1 N–H and O–H groups in total. The smallest absolute Gasteiger partial charge is 0.319 e. The lowest BCUT2D eigenvalue weighted by molar-refractivity contribution is -0.158. The maximum absolute atomic E-state index is 13.2. The molecule has 34 heavy (non-hydrogen) atoms. The van der Waals surface area contributed by atoms with Crippen molar-refractivity contribution in [2.45, 2.75) is 53.5 Å². The first-order valence-corrected chi connectivity index (χ1v) is 11.3. The van der Waals surface area contributed by atoms with Gasteiger partial charge in [-0.25, -0.2) is 0 Å². The Balaban J connectivity index is 1.90. The third kappa shape index (κ3) is 4.88. The summed E-state index contributed by atoms with van der Waals surface area (Å²) in [7, 11) is 0. The second-order valence-corrected chi connectivity index (χ2v) is 9.22. The van der Waals surface area contributed by atoms with Gasteiger partial charge in [-0.3, -0.25) is 28.5 Å². The molecule has 1 aromatic heterocycles. The fourth-order valence-electron chi connectivity index (χ4n) is 4.06. The number of esters is 2. The Hall–Kier alpha value is -3.49. The molecular weight excluding hydrogens is 440 g/mol. The minimum atomic E-state index is -1.43. The first-order valence-electron chi connectivity index (χ1n) is 11.3. The van der Waals surface area contributed by atoms with Crippen LogP contribution in [-0.2, 0) is 30.3 Å². The largest absolute Gasteiger partial charge is 0.466 e. The molecule has 182 valence electrons. The molecular formula is C25H30N2O7. The number of nitrogens with zero attached hydrogens (tertiary/aromatic N) is 1. The number of aromatic nitrogens is 1. The summed E-state index contributed by atoms with van der Waals surface area (Å²) in [6, 6.07) is 4.18. The van der Waals surface area contributed by atoms with Crippen molar-refractivity contribution in [3.63, 3.8) is 0 Å². The second kappa shape index (κ2) is 9.79. The molecule has 3 rings (SSSR count). The van der Waals surface area contributed by atoms with E-state index in [0.29, 0.717) is 16.5 Å². The van der Waals surface area contributed by atoms with Gasteiger partial charge in [0.15, 0.2) is 5.78 Å². The van der Waals surface area contributed by atoms with Gasteiger partial charge in [0.05, 0.1) is 31.2 Å². The SMILES string of the molecule is CCOC(=O)CC(C(=O)NC1Cc2cn(C(=O)C(C)(C)C)c3cccc(c23)C1=O)C(=O)OCC. The molecule has 0 spiro atoms. The number of benzene rings is 1. The van der Waals surface area contributed by atoms with Crippen LogP contribution < -0.4 is 5.32 Å². The first kappa shape index (κ1) is 25.1. The van der Waals surface area contributed by atoms with Crippen LogP contribution in [0.15, 0.2) is 24.4 Å². The predicted molar refractivity (Wildman–Crippen MR) is 123 cm³/mol. The average Bonchev–Trinajstić information content (AvgIpc) is 3.13. The zero-order chi connectivity index (χ0) is 25.2. The van der Waals surface area contributed by atoms with Gasteiger partial charge in [-0.1, -0.05) is 32.9 Å². The molecule has 2 aromatic rings. The summed E-state index contributed by atoms with van der Waals surface area (Å²) in [5.74, 6) is -4.24. The molecule has 1 aliphatic carbocycles. The highest BCUT2D eigenvalue weighted by atomic mass is 16.5. The lowest BCUT2D eigenvalue weighted by atomic mass is 9.87. The minimum Gasteiger partial charge on any atom is -0.466 e. The van der Waals surface area contributed by atoms with E-state index in [-0.39, 0.29) is 31.3 Å². The lowest BCUT2D eigenvalue weighted by Crippen LogP contribution is -2.48. The highest BCUT2D eigenvalue weighted by molar-refractivity contribution is 6.16. The van der Waals surface area contributed by atoms with Gasteiger partial charge in [0, 0.05) is 29.0 Å². The van der Waals surface area contributed by atoms with E-state index in [0.717, 1.165) is 5.56 Å². The number of rotatable bonds is 7. The molecule has 0 saturated heterocycles. The van der Waals surface area contributed by atoms with Crippen LogP contribution in [0.4, 0.5) is 0 Å². The van der Waals surface area contributed by atoms with Gasteiger partial charge in [-0.2, -0.15) is 0 Å². The second-order valence-electron chi connectivity index (χ2n) is 9.22. The molecule has 1 amide bonds. The number of carbonyl (C=O) groups excluding carboxylic acids is 5. The normalized spacial score (nSPS) is 16.1. The molecule has 0 saturated carbocycles. The zero-order valence-electron chi connectivity index (χ0n) is 20.1. The Kier molecular flexibility index (Phi) is 7.24. The molecule has 2 atom stereocenters. The highest BCUT2D eigenvalue weighted by Crippen LogP contribution is 2.33. The molecule has 1 heterocycles. The van der Waals surface area contributed by atoms with Gasteiger partial charge >= 0.3 is 11.9 Å². The van der Waals surface area contributed by atoms with E-state index in [1.807, 2.05) is 20.8 Å². The number of hydrogen-bond acceptors (Lipinski definition) is 7. The van der Waals surface area contributed by atoms with Crippen LogP contribution in [0.2, 0.25) is 0 Å². The molecule has 0 fully saturated rings. The fourth-order valence-corrected chi connectivity index (χ4v) is 4.06. The van der Waals surface area contributed by atoms with Gasteiger partial charge in [-0.05, 0) is 25.5 Å². The molecule has 0 radical (unpaired) electrons. The number of amides is 1. The Morgan fingerprint density at radius 1 is 1.12 bits per heavy atom. The van der Waals surface area contributed by atoms with Gasteiger partial charge < -0.3 is 14.8 Å². The Bertz CT molecular complexity index is 1160. The van der Waals surface area contributed by atoms with E-state index in [1.54, 1.807) is 42.8 Å². The summed E-state index contributed by atoms with van der Waals surface area (Å²) in [6.07, 6.45) is 1.36. The topological polar surface area (TPSA) is 121 Å². The maximum atomic E-state index is 13.2. The van der Waals surface area contributed by atoms with E-state index in [9.17, 15) is 24.0 Å². The highest BCUT2D eigenvalue weighted by Gasteiger charge is 2.37. The van der Waals surface area contributed by atoms with Crippen LogP contribution in [0.3, 0.4) is 0 Å². The van der Waals surface area contributed by atoms with E-state index < -0.39 is 41.6 Å². The van der Waals surface area contributed by atoms with Crippen LogP contribution in [0, 0.1) is 11.3 Å². The monoisotopic (exact) mass is 470 g/mol. The quantitative estimate of drug-likeness (QED) is 0.488. The lowest BCUT2D eigenvalue weighted by Gasteiger charge is -2.24. The van der Waals surface area contributed by atoms with Crippen molar-refractivity contribution >= 4 is 40.4 Å². The molecule has 9 heteroatoms. The molecule has 0 aliphatic heterocycles. The fraction of sp³-hybridized carbons (Fsp3) is 0.480. The number of hydrogen-bond donors (Lipinski definition) is 1. The van der Waals surface area contributed by atoms with Crippen molar-refractivity contribution in [3.05, 3.63) is 35.5 Å². The van der Waals surface area contributed by atoms with Crippen LogP contribution in [0.25, 0.3) is 10.9 Å². The Morgan fingerprint density at radius 2 is 1.79 bits per heavy atom. The number of carbonyl (C=O) groups is 5. The molecule has 1 aliphatic rings. The summed E-state index contributed by atoms with van der Waals surface area (Å²) in [6.45, 7) is 8.80. The van der Waals surface area contributed by atoms with Crippen LogP contribution in [0.5, 0.6) is 0 Å². The van der Waals surface area contributed by atoms with Crippen molar-refractivity contribution < 1.29 is 33.4 Å². The summed E-state index contributed by atoms with van der Waals surface area (Å²) in [5.41, 5.74) is 1.14. The predicted octanol–water partition coefficient (Wildman–Crippen LogP) is 2.68. The van der Waals surface area contributed by atoms with Crippen molar-refractivity contribution in [1.82, 2.24) is 9.88 Å². The van der Waals surface area contributed by atoms with Crippen molar-refractivity contribution in [3.8, 4) is 0 Å². The zero-order valence-corrected chi connectivity index (χ0v) is 20.1. The summed E-state index contributed by atoms with van der Waals surface area (Å²) >= 11 is 0. The number of nitrogens with one attached hydrogen (secondary N) is 1. The van der Waals surface area contributed by atoms with Gasteiger partial charge in [-0.15, -0.1) is 0 Å². The number of Topliss-reactive ketones (excluding diaryl/α,β-unsaturated/α-hetero) is 1. The molecule has 9 nitrogen and oxygen atoms in total. The van der Waals surface area contributed by atoms with E-state index in [1.165, 1.54) is 0 Å². The van der Waals surface area contributed by atoms with Crippen LogP contribution >= 0.6 is 0 Å². The van der Waals surface area contributed by atoms with E-state index >= 15 is 0 Å². The van der Waals surface area contributed by atoms with Crippen LogP contribution in [0.1, 0.15) is 61.8 Å². The summed E-state index contributed by atoms with van der Waals surface area (Å²) in [4.78, 5) is 63.5. The summed E-state index contributed by atoms with van der Waals surface area (Å²) in [5, 5.41) is 3.30. The van der Waals surface area contributed by atoms with Crippen molar-refractivity contribution in [2.75, 3.05) is 13.2 Å². The number of ketones is 1. The van der Waals surface area contributed by atoms with E-state index in [4.69, 9.17) is 9.47 Å². The maximum Gasteiger partial charge on any atom is 0.319 e. The Morgan fingerprint density at radius 3 is 2.41 bits per heavy atom. The molecule has 0 bridgehead atoms. The average molecular weight is 471 g/mol. The first-order chi connectivity index (χ1) is 16.0. The number of ether oxygens (including phenoxy) is 2. The summed E-state index contributed by atoms with van der Waals surface area (Å²) < 4.78 is 11.4. The Labute approximate surface area is 197 Å². The molecule has 1 aromatic carbocycles. The van der Waals surface area contributed by atoms with Crippen molar-refractivity contribution in [2.24, 2.45) is 11.3 Å². The van der Waals surface area contributed by atoms with Crippen molar-refractivity contribution in [1.29, 1.82) is 0 Å². The van der Waals surface area contributed by atoms with Gasteiger partial charge in [0.25, 0.3) is 0 Å². The van der Waals surface area contributed by atoms with Gasteiger partial charge in [0.1, 0.15) is 5.92 Å².